The number of hydrogen-bond donors (Lipinski definition) is 1. The Labute approximate surface area is 139 Å². The summed E-state index contributed by atoms with van der Waals surface area (Å²) in [6.45, 7) is 1.27. The molecule has 1 atom stereocenters. The van der Waals surface area contributed by atoms with Crippen LogP contribution in [0.5, 0.6) is 11.6 Å². The van der Waals surface area contributed by atoms with Crippen molar-refractivity contribution in [3.8, 4) is 11.6 Å². The number of aromatic nitrogens is 2. The molecule has 1 aliphatic heterocycles. The molecule has 0 aliphatic carbocycles. The highest BCUT2D eigenvalue weighted by molar-refractivity contribution is 5.78. The maximum atomic E-state index is 13.0. The predicted molar refractivity (Wildman–Crippen MR) is 86.1 cm³/mol. The molecule has 0 radical (unpaired) electrons. The van der Waals surface area contributed by atoms with Gasteiger partial charge in [-0.1, -0.05) is 0 Å². The first kappa shape index (κ1) is 16.3. The molecule has 0 spiro atoms. The van der Waals surface area contributed by atoms with E-state index in [1.54, 1.807) is 29.4 Å². The highest BCUT2D eigenvalue weighted by Gasteiger charge is 2.27. The number of piperidine rings is 1. The molecule has 24 heavy (non-hydrogen) atoms. The summed E-state index contributed by atoms with van der Waals surface area (Å²) >= 11 is 0. The molecule has 1 aliphatic rings. The topological polar surface area (TPSA) is 81.3 Å². The van der Waals surface area contributed by atoms with Gasteiger partial charge in [-0.3, -0.25) is 9.78 Å². The second-order valence-electron chi connectivity index (χ2n) is 5.69. The van der Waals surface area contributed by atoms with Gasteiger partial charge in [0.1, 0.15) is 17.3 Å². The molecular weight excluding hydrogens is 311 g/mol. The van der Waals surface area contributed by atoms with Gasteiger partial charge in [-0.05, 0) is 37.1 Å². The number of hydrogen-bond acceptors (Lipinski definition) is 5. The largest absolute Gasteiger partial charge is 0.437 e. The summed E-state index contributed by atoms with van der Waals surface area (Å²) in [5.41, 5.74) is 6.16. The Kier molecular flexibility index (Phi) is 5.00. The molecule has 2 N–H and O–H groups in total. The van der Waals surface area contributed by atoms with E-state index in [1.807, 2.05) is 0 Å². The van der Waals surface area contributed by atoms with Crippen LogP contribution in [0, 0.1) is 5.82 Å². The summed E-state index contributed by atoms with van der Waals surface area (Å²) in [5, 5.41) is 0. The average molecular weight is 330 g/mol. The molecule has 0 saturated carbocycles. The molecule has 126 valence electrons. The van der Waals surface area contributed by atoms with Crippen LogP contribution < -0.4 is 10.5 Å². The molecule has 2 heterocycles. The maximum absolute atomic E-state index is 13.0. The van der Waals surface area contributed by atoms with Crippen molar-refractivity contribution < 1.29 is 13.9 Å². The van der Waals surface area contributed by atoms with E-state index in [2.05, 4.69) is 9.97 Å². The van der Waals surface area contributed by atoms with Crippen molar-refractivity contribution in [2.75, 3.05) is 19.6 Å². The third-order valence-corrected chi connectivity index (χ3v) is 4.05. The molecule has 1 fully saturated rings. The Balaban J connectivity index is 1.80. The van der Waals surface area contributed by atoms with Crippen molar-refractivity contribution in [3.63, 3.8) is 0 Å². The van der Waals surface area contributed by atoms with E-state index >= 15 is 0 Å². The number of carbonyl (C=O) groups is 1. The first-order valence-electron chi connectivity index (χ1n) is 7.89. The van der Waals surface area contributed by atoms with Crippen LogP contribution in [0.25, 0.3) is 0 Å². The van der Waals surface area contributed by atoms with Crippen molar-refractivity contribution in [1.82, 2.24) is 14.9 Å². The number of nitrogens with two attached hydrogens (primary N) is 1. The highest BCUT2D eigenvalue weighted by atomic mass is 19.1. The lowest BCUT2D eigenvalue weighted by molar-refractivity contribution is -0.130. The van der Waals surface area contributed by atoms with Crippen molar-refractivity contribution in [3.05, 3.63) is 48.2 Å². The van der Waals surface area contributed by atoms with Gasteiger partial charge in [-0.15, -0.1) is 0 Å². The van der Waals surface area contributed by atoms with E-state index in [1.165, 1.54) is 12.1 Å². The fourth-order valence-electron chi connectivity index (χ4n) is 2.86. The zero-order valence-corrected chi connectivity index (χ0v) is 13.2. The minimum atomic E-state index is -0.329. The number of benzene rings is 1. The number of likely N-dealkylation sites (tertiary alicyclic amines) is 1. The number of ether oxygens (including phenoxy) is 1. The third-order valence-electron chi connectivity index (χ3n) is 4.05. The van der Waals surface area contributed by atoms with Gasteiger partial charge in [-0.25, -0.2) is 9.37 Å². The zero-order valence-electron chi connectivity index (χ0n) is 13.2. The normalized spacial score (nSPS) is 17.6. The van der Waals surface area contributed by atoms with Gasteiger partial charge in [0, 0.05) is 31.4 Å². The quantitative estimate of drug-likeness (QED) is 0.928. The minimum absolute atomic E-state index is 0.00608. The van der Waals surface area contributed by atoms with Crippen molar-refractivity contribution in [2.24, 2.45) is 5.73 Å². The summed E-state index contributed by atoms with van der Waals surface area (Å²) in [6, 6.07) is 5.74. The van der Waals surface area contributed by atoms with Gasteiger partial charge in [-0.2, -0.15) is 0 Å². The first-order chi connectivity index (χ1) is 11.7. The van der Waals surface area contributed by atoms with Gasteiger partial charge in [0.15, 0.2) is 0 Å². The van der Waals surface area contributed by atoms with E-state index in [0.717, 1.165) is 12.8 Å². The van der Waals surface area contributed by atoms with E-state index < -0.39 is 0 Å². The second kappa shape index (κ2) is 7.35. The van der Waals surface area contributed by atoms with Crippen molar-refractivity contribution in [2.45, 2.75) is 18.8 Å². The van der Waals surface area contributed by atoms with Crippen molar-refractivity contribution >= 4 is 5.91 Å². The van der Waals surface area contributed by atoms with Crippen LogP contribution in [-0.4, -0.2) is 40.4 Å². The molecule has 7 heteroatoms. The van der Waals surface area contributed by atoms with Crippen LogP contribution in [0.3, 0.4) is 0 Å². The number of halogens is 1. The maximum Gasteiger partial charge on any atom is 0.241 e. The molecule has 1 aromatic carbocycles. The van der Waals surface area contributed by atoms with Crippen LogP contribution >= 0.6 is 0 Å². The Bertz CT molecular complexity index is 708. The fraction of sp³-hybridized carbons (Fsp3) is 0.353. The summed E-state index contributed by atoms with van der Waals surface area (Å²) in [6.07, 6.45) is 4.93. The summed E-state index contributed by atoms with van der Waals surface area (Å²) in [4.78, 5) is 22.3. The van der Waals surface area contributed by atoms with Gasteiger partial charge >= 0.3 is 0 Å². The van der Waals surface area contributed by atoms with Gasteiger partial charge in [0.05, 0.1) is 6.54 Å². The van der Waals surface area contributed by atoms with Gasteiger partial charge in [0.25, 0.3) is 0 Å². The molecule has 2 aromatic rings. The minimum Gasteiger partial charge on any atom is -0.437 e. The summed E-state index contributed by atoms with van der Waals surface area (Å²) in [7, 11) is 0. The molecule has 1 aromatic heterocycles. The zero-order chi connectivity index (χ0) is 16.9. The monoisotopic (exact) mass is 330 g/mol. The predicted octanol–water partition coefficient (Wildman–Crippen LogP) is 2.07. The average Bonchev–Trinajstić information content (AvgIpc) is 2.63. The Morgan fingerprint density at radius 1 is 1.29 bits per heavy atom. The van der Waals surface area contributed by atoms with Crippen LogP contribution in [0.4, 0.5) is 4.39 Å². The summed E-state index contributed by atoms with van der Waals surface area (Å²) in [5.74, 6) is 0.521. The van der Waals surface area contributed by atoms with Crippen LogP contribution in [-0.2, 0) is 4.79 Å². The van der Waals surface area contributed by atoms with Gasteiger partial charge in [0.2, 0.25) is 11.8 Å². The molecule has 3 rings (SSSR count). The molecule has 1 saturated heterocycles. The first-order valence-corrected chi connectivity index (χ1v) is 7.89. The number of carbonyl (C=O) groups excluding carboxylic acids is 1. The molecule has 1 unspecified atom stereocenters. The van der Waals surface area contributed by atoms with E-state index in [4.69, 9.17) is 10.5 Å². The van der Waals surface area contributed by atoms with Crippen LogP contribution in [0.15, 0.2) is 36.7 Å². The lowest BCUT2D eigenvalue weighted by atomic mass is 9.94. The standard InChI is InChI=1S/C17H19FN4O2/c18-13-3-5-14(6-4-13)24-17-16(20-7-8-21-17)12-2-1-9-22(11-12)15(23)10-19/h3-8,12H,1-2,9-11,19H2. The molecule has 0 bridgehead atoms. The second-order valence-corrected chi connectivity index (χ2v) is 5.69. The Hall–Kier alpha value is -2.54. The smallest absolute Gasteiger partial charge is 0.241 e. The third kappa shape index (κ3) is 3.68. The number of nitrogens with zero attached hydrogens (tertiary/aromatic N) is 3. The molecule has 6 nitrogen and oxygen atoms in total. The Morgan fingerprint density at radius 3 is 2.79 bits per heavy atom. The Morgan fingerprint density at radius 2 is 2.04 bits per heavy atom. The molecular formula is C17H19FN4O2. The SMILES string of the molecule is NCC(=O)N1CCCC(c2nccnc2Oc2ccc(F)cc2)C1. The summed E-state index contributed by atoms with van der Waals surface area (Å²) < 4.78 is 18.8. The number of amides is 1. The fourth-order valence-corrected chi connectivity index (χ4v) is 2.86. The lowest BCUT2D eigenvalue weighted by Crippen LogP contribution is -2.42. The van der Waals surface area contributed by atoms with E-state index in [9.17, 15) is 9.18 Å². The van der Waals surface area contributed by atoms with E-state index in [-0.39, 0.29) is 24.2 Å². The highest BCUT2D eigenvalue weighted by Crippen LogP contribution is 2.32. The van der Waals surface area contributed by atoms with Crippen LogP contribution in [0.2, 0.25) is 0 Å². The molecule has 1 amide bonds. The number of rotatable bonds is 4. The lowest BCUT2D eigenvalue weighted by Gasteiger charge is -2.32. The van der Waals surface area contributed by atoms with Gasteiger partial charge < -0.3 is 15.4 Å². The van der Waals surface area contributed by atoms with Crippen LogP contribution in [0.1, 0.15) is 24.5 Å². The van der Waals surface area contributed by atoms with Crippen molar-refractivity contribution in [1.29, 1.82) is 0 Å². The van der Waals surface area contributed by atoms with E-state index in [0.29, 0.717) is 30.4 Å².